The Balaban J connectivity index is 2.28. The van der Waals surface area contributed by atoms with Crippen LogP contribution < -0.4 is 0 Å². The smallest absolute Gasteiger partial charge is 0.153 e. The Morgan fingerprint density at radius 2 is 2.38 bits per heavy atom. The van der Waals surface area contributed by atoms with Crippen LogP contribution in [0.2, 0.25) is 5.15 Å². The van der Waals surface area contributed by atoms with E-state index in [9.17, 15) is 4.79 Å². The number of halogens is 1. The molecule has 0 unspecified atom stereocenters. The first-order valence-electron chi connectivity index (χ1n) is 4.51. The maximum Gasteiger partial charge on any atom is 0.153 e. The first kappa shape index (κ1) is 8.82. The minimum atomic E-state index is 0.561. The molecule has 0 spiro atoms. The fourth-order valence-corrected chi connectivity index (χ4v) is 1.76. The molecule has 2 nitrogen and oxygen atoms in total. The molecule has 1 heterocycles. The average molecular weight is 198 g/mol. The van der Waals surface area contributed by atoms with Crippen LogP contribution >= 0.6 is 11.6 Å². The Morgan fingerprint density at radius 3 is 2.85 bits per heavy atom. The van der Waals surface area contributed by atoms with E-state index < -0.39 is 0 Å². The van der Waals surface area contributed by atoms with Gasteiger partial charge in [-0.25, -0.2) is 0 Å². The Kier molecular flexibility index (Phi) is 2.16. The quantitative estimate of drug-likeness (QED) is 0.683. The van der Waals surface area contributed by atoms with Gasteiger partial charge < -0.3 is 4.57 Å². The van der Waals surface area contributed by atoms with Crippen molar-refractivity contribution in [3.05, 3.63) is 22.5 Å². The largest absolute Gasteiger partial charge is 0.338 e. The minimum absolute atomic E-state index is 0.561. The highest BCUT2D eigenvalue weighted by Gasteiger charge is 2.23. The van der Waals surface area contributed by atoms with E-state index in [1.54, 1.807) is 0 Å². The lowest BCUT2D eigenvalue weighted by Crippen LogP contribution is -1.97. The van der Waals surface area contributed by atoms with E-state index in [2.05, 4.69) is 0 Å². The van der Waals surface area contributed by atoms with Crippen LogP contribution in [0.5, 0.6) is 0 Å². The maximum atomic E-state index is 10.6. The van der Waals surface area contributed by atoms with Crippen molar-refractivity contribution in [3.63, 3.8) is 0 Å². The fourth-order valence-electron chi connectivity index (χ4n) is 1.55. The summed E-state index contributed by atoms with van der Waals surface area (Å²) in [5, 5.41) is 0.561. The van der Waals surface area contributed by atoms with Crippen LogP contribution in [0.15, 0.2) is 6.07 Å². The molecule has 2 rings (SSSR count). The predicted molar refractivity (Wildman–Crippen MR) is 52.2 cm³/mol. The van der Waals surface area contributed by atoms with Gasteiger partial charge in [-0.05, 0) is 31.2 Å². The number of aromatic nitrogens is 1. The van der Waals surface area contributed by atoms with Gasteiger partial charge in [0.2, 0.25) is 0 Å². The Bertz CT molecular complexity index is 339. The topological polar surface area (TPSA) is 22.0 Å². The lowest BCUT2D eigenvalue weighted by Gasteiger charge is -2.01. The van der Waals surface area contributed by atoms with E-state index >= 15 is 0 Å². The number of aldehydes is 1. The molecule has 0 aromatic carbocycles. The van der Waals surface area contributed by atoms with Gasteiger partial charge in [-0.1, -0.05) is 11.6 Å². The van der Waals surface area contributed by atoms with Crippen LogP contribution in [0.4, 0.5) is 0 Å². The maximum absolute atomic E-state index is 10.6. The van der Waals surface area contributed by atoms with Crippen molar-refractivity contribution in [2.24, 2.45) is 13.0 Å². The summed E-state index contributed by atoms with van der Waals surface area (Å²) in [6.45, 7) is 0. The predicted octanol–water partition coefficient (Wildman–Crippen LogP) is 2.44. The van der Waals surface area contributed by atoms with Crippen LogP contribution in [-0.2, 0) is 13.5 Å². The summed E-state index contributed by atoms with van der Waals surface area (Å²) in [6, 6.07) is 1.90. The van der Waals surface area contributed by atoms with Gasteiger partial charge in [0.25, 0.3) is 0 Å². The summed E-state index contributed by atoms with van der Waals surface area (Å²) in [5.41, 5.74) is 1.79. The van der Waals surface area contributed by atoms with Gasteiger partial charge in [0.15, 0.2) is 6.29 Å². The van der Waals surface area contributed by atoms with Crippen molar-refractivity contribution in [1.29, 1.82) is 0 Å². The van der Waals surface area contributed by atoms with Crippen LogP contribution in [0.3, 0.4) is 0 Å². The molecule has 1 aromatic rings. The SMILES string of the molecule is Cn1c(CC2CC2)cc(C=O)c1Cl. The molecule has 0 bridgehead atoms. The molecule has 0 atom stereocenters. The third-order valence-electron chi connectivity index (χ3n) is 2.61. The number of carbonyl (C=O) groups excluding carboxylic acids is 1. The van der Waals surface area contributed by atoms with Crippen molar-refractivity contribution in [3.8, 4) is 0 Å². The van der Waals surface area contributed by atoms with Gasteiger partial charge in [0, 0.05) is 12.7 Å². The Morgan fingerprint density at radius 1 is 1.69 bits per heavy atom. The zero-order valence-corrected chi connectivity index (χ0v) is 8.34. The van der Waals surface area contributed by atoms with E-state index in [1.165, 1.54) is 18.5 Å². The summed E-state index contributed by atoms with van der Waals surface area (Å²) in [6.07, 6.45) is 4.52. The summed E-state index contributed by atoms with van der Waals surface area (Å²) in [4.78, 5) is 10.6. The monoisotopic (exact) mass is 197 g/mol. The molecule has 1 fully saturated rings. The van der Waals surface area contributed by atoms with E-state index in [0.29, 0.717) is 10.7 Å². The second-order valence-corrected chi connectivity index (χ2v) is 4.06. The molecule has 70 valence electrons. The standard InChI is InChI=1S/C10H12ClNO/c1-12-9(4-7-2-3-7)5-8(6-13)10(12)11/h5-7H,2-4H2,1H3. The molecule has 1 saturated carbocycles. The van der Waals surface area contributed by atoms with Crippen LogP contribution in [0, 0.1) is 5.92 Å². The minimum Gasteiger partial charge on any atom is -0.338 e. The fraction of sp³-hybridized carbons (Fsp3) is 0.500. The van der Waals surface area contributed by atoms with Gasteiger partial charge in [0.05, 0.1) is 5.56 Å². The van der Waals surface area contributed by atoms with Gasteiger partial charge >= 0.3 is 0 Å². The molecule has 0 aliphatic heterocycles. The number of hydrogen-bond donors (Lipinski definition) is 0. The number of rotatable bonds is 3. The van der Waals surface area contributed by atoms with Crippen LogP contribution in [0.1, 0.15) is 28.9 Å². The van der Waals surface area contributed by atoms with Gasteiger partial charge in [-0.2, -0.15) is 0 Å². The van der Waals surface area contributed by atoms with Gasteiger partial charge in [-0.15, -0.1) is 0 Å². The molecule has 0 saturated heterocycles. The third kappa shape index (κ3) is 1.63. The highest BCUT2D eigenvalue weighted by Crippen LogP contribution is 2.33. The van der Waals surface area contributed by atoms with Crippen molar-refractivity contribution < 1.29 is 4.79 Å². The summed E-state index contributed by atoms with van der Waals surface area (Å²) in [7, 11) is 1.91. The van der Waals surface area contributed by atoms with E-state index in [4.69, 9.17) is 11.6 Å². The van der Waals surface area contributed by atoms with Crippen LogP contribution in [0.25, 0.3) is 0 Å². The molecule has 0 N–H and O–H groups in total. The lowest BCUT2D eigenvalue weighted by atomic mass is 10.2. The highest BCUT2D eigenvalue weighted by atomic mass is 35.5. The van der Waals surface area contributed by atoms with E-state index in [0.717, 1.165) is 18.6 Å². The first-order valence-corrected chi connectivity index (χ1v) is 4.89. The Hall–Kier alpha value is -0.760. The molecule has 1 aliphatic rings. The molecule has 13 heavy (non-hydrogen) atoms. The lowest BCUT2D eigenvalue weighted by molar-refractivity contribution is 0.112. The van der Waals surface area contributed by atoms with E-state index in [1.807, 2.05) is 17.7 Å². The van der Waals surface area contributed by atoms with Crippen LogP contribution in [-0.4, -0.2) is 10.9 Å². The zero-order chi connectivity index (χ0) is 9.42. The summed E-state index contributed by atoms with van der Waals surface area (Å²) in [5.74, 6) is 0.823. The summed E-state index contributed by atoms with van der Waals surface area (Å²) >= 11 is 5.95. The van der Waals surface area contributed by atoms with Gasteiger partial charge in [0.1, 0.15) is 5.15 Å². The molecule has 0 radical (unpaired) electrons. The van der Waals surface area contributed by atoms with Gasteiger partial charge in [-0.3, -0.25) is 4.79 Å². The molecule has 0 amide bonds. The number of carbonyl (C=O) groups is 1. The van der Waals surface area contributed by atoms with E-state index in [-0.39, 0.29) is 0 Å². The second-order valence-electron chi connectivity index (χ2n) is 3.71. The Labute approximate surface area is 82.5 Å². The first-order chi connectivity index (χ1) is 6.22. The molecule has 1 aromatic heterocycles. The zero-order valence-electron chi connectivity index (χ0n) is 7.59. The molecule has 1 aliphatic carbocycles. The normalized spacial score (nSPS) is 16.2. The number of hydrogen-bond acceptors (Lipinski definition) is 1. The third-order valence-corrected chi connectivity index (χ3v) is 3.08. The summed E-state index contributed by atoms with van der Waals surface area (Å²) < 4.78 is 1.91. The van der Waals surface area contributed by atoms with Crippen molar-refractivity contribution in [2.45, 2.75) is 19.3 Å². The van der Waals surface area contributed by atoms with Crippen molar-refractivity contribution in [2.75, 3.05) is 0 Å². The van der Waals surface area contributed by atoms with Crippen molar-refractivity contribution in [1.82, 2.24) is 4.57 Å². The molecule has 3 heteroatoms. The molecular weight excluding hydrogens is 186 g/mol. The number of nitrogens with zero attached hydrogens (tertiary/aromatic N) is 1. The highest BCUT2D eigenvalue weighted by molar-refractivity contribution is 6.32. The molecular formula is C10H12ClNO. The average Bonchev–Trinajstić information content (AvgIpc) is 2.89. The van der Waals surface area contributed by atoms with Crippen molar-refractivity contribution >= 4 is 17.9 Å². The second kappa shape index (κ2) is 3.18.